The molecule has 0 spiro atoms. The lowest BCUT2D eigenvalue weighted by Gasteiger charge is -2.22. The van der Waals surface area contributed by atoms with Gasteiger partial charge in [-0.15, -0.1) is 0 Å². The molecule has 1 fully saturated rings. The Morgan fingerprint density at radius 2 is 2.06 bits per heavy atom. The first-order chi connectivity index (χ1) is 8.59. The monoisotopic (exact) mass is 247 g/mol. The predicted molar refractivity (Wildman–Crippen MR) is 66.3 cm³/mol. The molecule has 1 saturated heterocycles. The van der Waals surface area contributed by atoms with Gasteiger partial charge in [-0.3, -0.25) is 14.4 Å². The third-order valence-corrected chi connectivity index (χ3v) is 3.33. The normalized spacial score (nSPS) is 23.4. The third kappa shape index (κ3) is 2.59. The molecule has 2 atom stereocenters. The van der Waals surface area contributed by atoms with Crippen LogP contribution in [-0.2, 0) is 21.0 Å². The number of Topliss-reactive ketones (excluding diaryl/α,β-unsaturated/α-hetero) is 1. The number of rotatable bonds is 4. The van der Waals surface area contributed by atoms with Gasteiger partial charge in [-0.25, -0.2) is 5.06 Å². The summed E-state index contributed by atoms with van der Waals surface area (Å²) in [5.41, 5.74) is 1.00. The number of hydrogen-bond donors (Lipinski definition) is 0. The quantitative estimate of drug-likeness (QED) is 0.817. The molecule has 0 N–H and O–H groups in total. The van der Waals surface area contributed by atoms with Crippen LogP contribution in [0, 0.1) is 5.92 Å². The van der Waals surface area contributed by atoms with Crippen LogP contribution in [0.25, 0.3) is 0 Å². The Labute approximate surface area is 106 Å². The summed E-state index contributed by atoms with van der Waals surface area (Å²) in [6.45, 7) is 3.72. The number of carbonyl (C=O) groups is 2. The van der Waals surface area contributed by atoms with Gasteiger partial charge in [-0.1, -0.05) is 30.3 Å². The lowest BCUT2D eigenvalue weighted by atomic mass is 9.98. The van der Waals surface area contributed by atoms with Crippen molar-refractivity contribution in [3.05, 3.63) is 35.9 Å². The molecule has 2 unspecified atom stereocenters. The van der Waals surface area contributed by atoms with Crippen molar-refractivity contribution in [1.82, 2.24) is 5.06 Å². The molecular weight excluding hydrogens is 230 g/mol. The van der Waals surface area contributed by atoms with Crippen molar-refractivity contribution in [1.29, 1.82) is 0 Å². The van der Waals surface area contributed by atoms with Gasteiger partial charge < -0.3 is 0 Å². The molecule has 1 heterocycles. The van der Waals surface area contributed by atoms with Crippen LogP contribution in [0.15, 0.2) is 30.3 Å². The maximum Gasteiger partial charge on any atom is 0.247 e. The van der Waals surface area contributed by atoms with E-state index in [0.717, 1.165) is 5.56 Å². The van der Waals surface area contributed by atoms with E-state index in [9.17, 15) is 9.59 Å². The second-order valence-corrected chi connectivity index (χ2v) is 4.64. The second kappa shape index (κ2) is 5.31. The molecule has 18 heavy (non-hydrogen) atoms. The number of amides is 1. The summed E-state index contributed by atoms with van der Waals surface area (Å²) < 4.78 is 0. The van der Waals surface area contributed by atoms with Crippen molar-refractivity contribution in [2.75, 3.05) is 0 Å². The Kier molecular flexibility index (Phi) is 3.77. The van der Waals surface area contributed by atoms with Gasteiger partial charge in [-0.05, 0) is 19.4 Å². The summed E-state index contributed by atoms with van der Waals surface area (Å²) in [6.07, 6.45) is 0.255. The van der Waals surface area contributed by atoms with Crippen LogP contribution in [0.3, 0.4) is 0 Å². The fourth-order valence-corrected chi connectivity index (χ4v) is 2.23. The molecule has 1 aromatic carbocycles. The number of benzene rings is 1. The van der Waals surface area contributed by atoms with Gasteiger partial charge in [0.2, 0.25) is 5.91 Å². The molecule has 0 radical (unpaired) electrons. The summed E-state index contributed by atoms with van der Waals surface area (Å²) in [4.78, 5) is 28.7. The van der Waals surface area contributed by atoms with Crippen molar-refractivity contribution in [3.63, 3.8) is 0 Å². The van der Waals surface area contributed by atoms with Crippen LogP contribution in [0.2, 0.25) is 0 Å². The lowest BCUT2D eigenvalue weighted by Crippen LogP contribution is -2.34. The van der Waals surface area contributed by atoms with Crippen LogP contribution in [0.4, 0.5) is 0 Å². The highest BCUT2D eigenvalue weighted by Gasteiger charge is 2.40. The highest BCUT2D eigenvalue weighted by Crippen LogP contribution is 2.26. The number of carbonyl (C=O) groups excluding carboxylic acids is 2. The van der Waals surface area contributed by atoms with Crippen LogP contribution >= 0.6 is 0 Å². The molecule has 1 aliphatic rings. The fraction of sp³-hybridized carbons (Fsp3) is 0.429. The molecule has 0 aromatic heterocycles. The minimum atomic E-state index is -0.242. The first-order valence-electron chi connectivity index (χ1n) is 6.09. The van der Waals surface area contributed by atoms with E-state index in [1.807, 2.05) is 37.3 Å². The zero-order valence-electron chi connectivity index (χ0n) is 10.6. The SMILES string of the molecule is CC(=O)C1CC(=O)N(OCc2ccccc2)C1C. The van der Waals surface area contributed by atoms with Gasteiger partial charge in [0, 0.05) is 12.3 Å². The van der Waals surface area contributed by atoms with Crippen molar-refractivity contribution >= 4 is 11.7 Å². The molecule has 2 rings (SSSR count). The Morgan fingerprint density at radius 1 is 1.39 bits per heavy atom. The minimum absolute atomic E-state index is 0.0432. The van der Waals surface area contributed by atoms with Crippen molar-refractivity contribution in [2.24, 2.45) is 5.92 Å². The molecule has 0 aliphatic carbocycles. The van der Waals surface area contributed by atoms with Crippen LogP contribution < -0.4 is 0 Å². The summed E-state index contributed by atoms with van der Waals surface area (Å²) >= 11 is 0. The van der Waals surface area contributed by atoms with E-state index in [0.29, 0.717) is 6.61 Å². The van der Waals surface area contributed by atoms with Crippen molar-refractivity contribution in [2.45, 2.75) is 32.9 Å². The van der Waals surface area contributed by atoms with Gasteiger partial charge in [0.15, 0.2) is 0 Å². The Bertz CT molecular complexity index is 444. The van der Waals surface area contributed by atoms with Gasteiger partial charge in [0.05, 0.1) is 6.04 Å². The molecule has 0 bridgehead atoms. The minimum Gasteiger partial charge on any atom is -0.300 e. The predicted octanol–water partition coefficient (Wildman–Crippen LogP) is 1.94. The van der Waals surface area contributed by atoms with Gasteiger partial charge in [0.1, 0.15) is 12.4 Å². The zero-order chi connectivity index (χ0) is 13.1. The molecule has 1 aliphatic heterocycles. The third-order valence-electron chi connectivity index (χ3n) is 3.33. The topological polar surface area (TPSA) is 46.6 Å². The van der Waals surface area contributed by atoms with E-state index in [1.165, 1.54) is 12.0 Å². The van der Waals surface area contributed by atoms with Crippen molar-refractivity contribution in [3.8, 4) is 0 Å². The summed E-state index contributed by atoms with van der Waals surface area (Å²) in [6, 6.07) is 9.47. The largest absolute Gasteiger partial charge is 0.300 e. The summed E-state index contributed by atoms with van der Waals surface area (Å²) in [7, 11) is 0. The van der Waals surface area contributed by atoms with E-state index < -0.39 is 0 Å². The standard InChI is InChI=1S/C14H17NO3/c1-10-13(11(2)16)8-14(17)15(10)18-9-12-6-4-3-5-7-12/h3-7,10,13H,8-9H2,1-2H3. The first kappa shape index (κ1) is 12.8. The lowest BCUT2D eigenvalue weighted by molar-refractivity contribution is -0.194. The van der Waals surface area contributed by atoms with E-state index in [-0.39, 0.29) is 30.1 Å². The van der Waals surface area contributed by atoms with Gasteiger partial charge in [-0.2, -0.15) is 0 Å². The second-order valence-electron chi connectivity index (χ2n) is 4.64. The fourth-order valence-electron chi connectivity index (χ4n) is 2.23. The molecule has 96 valence electrons. The summed E-state index contributed by atoms with van der Waals surface area (Å²) in [5, 5.41) is 1.35. The Balaban J connectivity index is 1.97. The number of hydrogen-bond acceptors (Lipinski definition) is 3. The zero-order valence-corrected chi connectivity index (χ0v) is 10.6. The van der Waals surface area contributed by atoms with E-state index in [2.05, 4.69) is 0 Å². The molecule has 4 nitrogen and oxygen atoms in total. The Morgan fingerprint density at radius 3 is 2.61 bits per heavy atom. The van der Waals surface area contributed by atoms with E-state index in [1.54, 1.807) is 0 Å². The first-order valence-corrected chi connectivity index (χ1v) is 6.09. The maximum atomic E-state index is 11.8. The molecule has 0 saturated carbocycles. The highest BCUT2D eigenvalue weighted by molar-refractivity contribution is 5.89. The van der Waals surface area contributed by atoms with Crippen LogP contribution in [0.1, 0.15) is 25.8 Å². The number of nitrogens with zero attached hydrogens (tertiary/aromatic N) is 1. The number of ketones is 1. The van der Waals surface area contributed by atoms with Gasteiger partial charge >= 0.3 is 0 Å². The number of hydroxylamine groups is 2. The highest BCUT2D eigenvalue weighted by atomic mass is 16.7. The van der Waals surface area contributed by atoms with Crippen LogP contribution in [-0.4, -0.2) is 22.8 Å². The molecule has 1 aromatic rings. The average Bonchev–Trinajstić information content (AvgIpc) is 2.64. The van der Waals surface area contributed by atoms with E-state index >= 15 is 0 Å². The summed E-state index contributed by atoms with van der Waals surface area (Å²) in [5.74, 6) is -0.312. The smallest absolute Gasteiger partial charge is 0.247 e. The molecule has 1 amide bonds. The van der Waals surface area contributed by atoms with Crippen molar-refractivity contribution < 1.29 is 14.4 Å². The van der Waals surface area contributed by atoms with E-state index in [4.69, 9.17) is 4.84 Å². The maximum absolute atomic E-state index is 11.8. The molecular formula is C14H17NO3. The van der Waals surface area contributed by atoms with Crippen LogP contribution in [0.5, 0.6) is 0 Å². The average molecular weight is 247 g/mol. The molecule has 4 heteroatoms. The van der Waals surface area contributed by atoms with Gasteiger partial charge in [0.25, 0.3) is 0 Å². The Hall–Kier alpha value is -1.68.